The molecule has 0 N–H and O–H groups in total. The Balaban J connectivity index is 1.22. The van der Waals surface area contributed by atoms with Crippen LogP contribution in [0.4, 0.5) is 5.88 Å². The molecule has 11 aromatic rings. The van der Waals surface area contributed by atoms with Gasteiger partial charge in [0.15, 0.2) is 5.58 Å². The van der Waals surface area contributed by atoms with E-state index in [1.54, 1.807) is 0 Å². The van der Waals surface area contributed by atoms with Gasteiger partial charge in [0.05, 0.1) is 16.7 Å². The molecule has 0 aliphatic heterocycles. The Morgan fingerprint density at radius 1 is 0.537 bits per heavy atom. The van der Waals surface area contributed by atoms with Crippen molar-refractivity contribution in [1.29, 1.82) is 0 Å². The first-order valence-corrected chi connectivity index (χ1v) is 18.2. The smallest absolute Gasteiger partial charge is 0.223 e. The van der Waals surface area contributed by atoms with Gasteiger partial charge in [-0.3, -0.25) is 0 Å². The lowest BCUT2D eigenvalue weighted by Gasteiger charge is -2.14. The van der Waals surface area contributed by atoms with E-state index in [1.165, 1.54) is 26.9 Å². The molecule has 0 unspecified atom stereocenters. The maximum Gasteiger partial charge on any atom is 0.223 e. The Kier molecular flexibility index (Phi) is 6.58. The van der Waals surface area contributed by atoms with E-state index < -0.39 is 0 Å². The molecule has 0 saturated carbocycles. The third-order valence-corrected chi connectivity index (χ3v) is 10.9. The molecule has 0 fully saturated rings. The molecule has 0 amide bonds. The van der Waals surface area contributed by atoms with Crippen LogP contribution in [-0.2, 0) is 0 Å². The average molecular weight is 693 g/mol. The zero-order valence-electron chi connectivity index (χ0n) is 29.5. The lowest BCUT2D eigenvalue weighted by Crippen LogP contribution is -2.05. The van der Waals surface area contributed by atoms with Crippen LogP contribution < -0.4 is 0 Å². The zero-order valence-corrected chi connectivity index (χ0v) is 29.5. The van der Waals surface area contributed by atoms with E-state index in [-0.39, 0.29) is 0 Å². The highest BCUT2D eigenvalue weighted by molar-refractivity contribution is 6.36. The van der Waals surface area contributed by atoms with Crippen LogP contribution in [0.15, 0.2) is 184 Å². The van der Waals surface area contributed by atoms with Gasteiger partial charge in [0.25, 0.3) is 0 Å². The van der Waals surface area contributed by atoms with Gasteiger partial charge in [-0.1, -0.05) is 134 Å². The number of aromatic nitrogens is 1. The Hall–Kier alpha value is -7.17. The summed E-state index contributed by atoms with van der Waals surface area (Å²) in [7, 11) is 0. The SMILES string of the molecule is C=C(/C(=N\c1oc2ccccc2c1C)c1cccc(-n2c3ccccc3c3c4ccccc4c4c5cc6ccccc6cc5oc4c32)c1)c1ccccc1. The Bertz CT molecular complexity index is 3360. The van der Waals surface area contributed by atoms with Crippen LogP contribution in [0.3, 0.4) is 0 Å². The number of hydrogen-bond donors (Lipinski definition) is 0. The second kappa shape index (κ2) is 11.7. The molecule has 3 aromatic heterocycles. The standard InChI is InChI=1S/C50H32N2O2/c1-30(32-15-4-3-5-16-32)47(51-50-31(2)37-21-11-13-26-43(37)54-50)35-19-14-20-36(27-35)52-42-25-12-10-24-40(42)45-38-22-8-9-23-39(38)46-41-28-33-17-6-7-18-34(33)29-44(41)53-49(46)48(45)52/h3-29H,1H2,2H3/b51-47+. The van der Waals surface area contributed by atoms with Crippen molar-refractivity contribution in [1.82, 2.24) is 4.57 Å². The number of hydrogen-bond acceptors (Lipinski definition) is 3. The largest absolute Gasteiger partial charge is 0.454 e. The van der Waals surface area contributed by atoms with Crippen LogP contribution in [0.2, 0.25) is 0 Å². The van der Waals surface area contributed by atoms with E-state index in [4.69, 9.17) is 13.8 Å². The molecular formula is C50H32N2O2. The predicted octanol–water partition coefficient (Wildman–Crippen LogP) is 13.9. The maximum atomic E-state index is 7.00. The molecular weight excluding hydrogens is 661 g/mol. The summed E-state index contributed by atoms with van der Waals surface area (Å²) in [5, 5.41) is 10.3. The highest BCUT2D eigenvalue weighted by Gasteiger charge is 2.24. The van der Waals surface area contributed by atoms with E-state index in [2.05, 4.69) is 145 Å². The van der Waals surface area contributed by atoms with Gasteiger partial charge in [-0.15, -0.1) is 0 Å². The monoisotopic (exact) mass is 692 g/mol. The maximum absolute atomic E-state index is 7.00. The number of furan rings is 2. The normalized spacial score (nSPS) is 12.4. The van der Waals surface area contributed by atoms with Crippen molar-refractivity contribution in [3.63, 3.8) is 0 Å². The fourth-order valence-electron chi connectivity index (χ4n) is 8.38. The number of aliphatic imine (C=N–C) groups is 1. The van der Waals surface area contributed by atoms with E-state index in [9.17, 15) is 0 Å². The van der Waals surface area contributed by atoms with Crippen molar-refractivity contribution in [2.45, 2.75) is 6.92 Å². The van der Waals surface area contributed by atoms with Gasteiger partial charge in [0, 0.05) is 49.3 Å². The molecule has 0 bridgehead atoms. The third kappa shape index (κ3) is 4.47. The van der Waals surface area contributed by atoms with Crippen molar-refractivity contribution in [3.8, 4) is 5.69 Å². The van der Waals surface area contributed by atoms with Crippen molar-refractivity contribution in [2.24, 2.45) is 4.99 Å². The molecule has 0 aliphatic rings. The van der Waals surface area contributed by atoms with E-state index in [1.807, 2.05) is 36.4 Å². The first kappa shape index (κ1) is 30.5. The topological polar surface area (TPSA) is 43.6 Å². The number of para-hydroxylation sites is 2. The summed E-state index contributed by atoms with van der Waals surface area (Å²) in [6, 6.07) is 57.3. The summed E-state index contributed by atoms with van der Waals surface area (Å²) in [5.74, 6) is 0.577. The summed E-state index contributed by atoms with van der Waals surface area (Å²) in [6.07, 6.45) is 0. The number of allylic oxidation sites excluding steroid dienone is 1. The minimum Gasteiger partial charge on any atom is -0.454 e. The van der Waals surface area contributed by atoms with Crippen LogP contribution in [0.5, 0.6) is 0 Å². The van der Waals surface area contributed by atoms with Gasteiger partial charge in [0.2, 0.25) is 5.88 Å². The predicted molar refractivity (Wildman–Crippen MR) is 226 cm³/mol. The van der Waals surface area contributed by atoms with Crippen LogP contribution in [0.1, 0.15) is 16.7 Å². The molecule has 0 atom stereocenters. The molecule has 0 spiro atoms. The molecule has 0 radical (unpaired) electrons. The average Bonchev–Trinajstić information content (AvgIpc) is 3.88. The van der Waals surface area contributed by atoms with Crippen LogP contribution >= 0.6 is 0 Å². The molecule has 54 heavy (non-hydrogen) atoms. The van der Waals surface area contributed by atoms with E-state index >= 15 is 0 Å². The summed E-state index contributed by atoms with van der Waals surface area (Å²) in [5.41, 5.74) is 10.2. The van der Waals surface area contributed by atoms with Gasteiger partial charge in [0.1, 0.15) is 11.2 Å². The van der Waals surface area contributed by atoms with Gasteiger partial charge < -0.3 is 13.4 Å². The molecule has 4 heteroatoms. The van der Waals surface area contributed by atoms with Crippen molar-refractivity contribution in [2.75, 3.05) is 0 Å². The van der Waals surface area contributed by atoms with Crippen LogP contribution in [0.25, 0.3) is 87.5 Å². The second-order valence-electron chi connectivity index (χ2n) is 14.0. The minimum absolute atomic E-state index is 0.577. The summed E-state index contributed by atoms with van der Waals surface area (Å²) in [6.45, 7) is 6.67. The number of aryl methyl sites for hydroxylation is 1. The minimum atomic E-state index is 0.577. The number of benzene rings is 8. The third-order valence-electron chi connectivity index (χ3n) is 10.9. The zero-order chi connectivity index (χ0) is 35.9. The van der Waals surface area contributed by atoms with Crippen molar-refractivity contribution in [3.05, 3.63) is 187 Å². The lowest BCUT2D eigenvalue weighted by molar-refractivity contribution is 0.623. The number of fused-ring (bicyclic) bond motifs is 12. The lowest BCUT2D eigenvalue weighted by atomic mass is 9.96. The van der Waals surface area contributed by atoms with Crippen molar-refractivity contribution >= 4 is 93.4 Å². The molecule has 254 valence electrons. The quantitative estimate of drug-likeness (QED) is 0.169. The second-order valence-corrected chi connectivity index (χ2v) is 14.0. The van der Waals surface area contributed by atoms with Gasteiger partial charge >= 0.3 is 0 Å². The molecule has 0 saturated heterocycles. The molecule has 0 aliphatic carbocycles. The van der Waals surface area contributed by atoms with E-state index in [0.717, 1.165) is 83.0 Å². The van der Waals surface area contributed by atoms with Gasteiger partial charge in [-0.05, 0) is 70.4 Å². The summed E-state index contributed by atoms with van der Waals surface area (Å²) >= 11 is 0. The Morgan fingerprint density at radius 3 is 1.98 bits per heavy atom. The first-order valence-electron chi connectivity index (χ1n) is 18.2. The highest BCUT2D eigenvalue weighted by atomic mass is 16.3. The Labute approximate surface area is 310 Å². The number of nitrogens with zero attached hydrogens (tertiary/aromatic N) is 2. The molecule has 8 aromatic carbocycles. The van der Waals surface area contributed by atoms with Gasteiger partial charge in [-0.25, -0.2) is 4.99 Å². The molecule has 11 rings (SSSR count). The summed E-state index contributed by atoms with van der Waals surface area (Å²) < 4.78 is 15.7. The molecule has 3 heterocycles. The molecule has 4 nitrogen and oxygen atoms in total. The van der Waals surface area contributed by atoms with E-state index in [0.29, 0.717) is 5.88 Å². The summed E-state index contributed by atoms with van der Waals surface area (Å²) in [4.78, 5) is 5.26. The fourth-order valence-corrected chi connectivity index (χ4v) is 8.38. The van der Waals surface area contributed by atoms with Crippen LogP contribution in [0, 0.1) is 6.92 Å². The fraction of sp³-hybridized carbons (Fsp3) is 0.0200. The van der Waals surface area contributed by atoms with Gasteiger partial charge in [-0.2, -0.15) is 0 Å². The Morgan fingerprint density at radius 2 is 1.19 bits per heavy atom. The highest BCUT2D eigenvalue weighted by Crippen LogP contribution is 2.46. The van der Waals surface area contributed by atoms with Crippen molar-refractivity contribution < 1.29 is 8.83 Å². The van der Waals surface area contributed by atoms with Crippen LogP contribution in [-0.4, -0.2) is 10.3 Å². The first-order chi connectivity index (χ1) is 26.6. The number of rotatable bonds is 5.